The van der Waals surface area contributed by atoms with Crippen molar-refractivity contribution in [3.05, 3.63) is 35.9 Å². The molecule has 0 amide bonds. The van der Waals surface area contributed by atoms with Gasteiger partial charge in [-0.2, -0.15) is 5.26 Å². The Labute approximate surface area is 121 Å². The van der Waals surface area contributed by atoms with Crippen molar-refractivity contribution in [2.75, 3.05) is 0 Å². The fourth-order valence-corrected chi connectivity index (χ4v) is 3.67. The van der Waals surface area contributed by atoms with E-state index in [1.54, 1.807) is 0 Å². The average molecular weight is 269 g/mol. The zero-order valence-corrected chi connectivity index (χ0v) is 11.9. The van der Waals surface area contributed by atoms with E-state index in [-0.39, 0.29) is 5.41 Å². The highest BCUT2D eigenvalue weighted by atomic mass is 15.0. The highest BCUT2D eigenvalue weighted by Gasteiger charge is 2.46. The van der Waals surface area contributed by atoms with Crippen molar-refractivity contribution in [2.24, 2.45) is 5.73 Å². The van der Waals surface area contributed by atoms with Crippen molar-refractivity contribution in [1.29, 1.82) is 5.26 Å². The van der Waals surface area contributed by atoms with Gasteiger partial charge in [0.2, 0.25) is 0 Å². The highest BCUT2D eigenvalue weighted by molar-refractivity contribution is 5.36. The SMILES string of the molecule is N#CC1(c2ccccc2)CC(NC2CCC(N)CC2)C1. The molecule has 2 fully saturated rings. The second-order valence-electron chi connectivity index (χ2n) is 6.44. The zero-order chi connectivity index (χ0) is 14.0. The van der Waals surface area contributed by atoms with E-state index in [0.717, 1.165) is 25.7 Å². The predicted molar refractivity (Wildman–Crippen MR) is 80.1 cm³/mol. The number of nitrogens with two attached hydrogens (primary N) is 1. The van der Waals surface area contributed by atoms with E-state index in [9.17, 15) is 5.26 Å². The molecule has 3 heteroatoms. The summed E-state index contributed by atoms with van der Waals surface area (Å²) in [6.07, 6.45) is 6.51. The van der Waals surface area contributed by atoms with Crippen LogP contribution in [-0.2, 0) is 5.41 Å². The van der Waals surface area contributed by atoms with Crippen LogP contribution < -0.4 is 11.1 Å². The fraction of sp³-hybridized carbons (Fsp3) is 0.588. The van der Waals surface area contributed by atoms with E-state index >= 15 is 0 Å². The van der Waals surface area contributed by atoms with Gasteiger partial charge in [-0.15, -0.1) is 0 Å². The molecule has 0 radical (unpaired) electrons. The minimum Gasteiger partial charge on any atom is -0.328 e. The van der Waals surface area contributed by atoms with Gasteiger partial charge in [-0.05, 0) is 44.1 Å². The summed E-state index contributed by atoms with van der Waals surface area (Å²) < 4.78 is 0. The summed E-state index contributed by atoms with van der Waals surface area (Å²) in [6.45, 7) is 0. The minimum absolute atomic E-state index is 0.260. The van der Waals surface area contributed by atoms with Gasteiger partial charge in [0.05, 0.1) is 11.5 Å². The Balaban J connectivity index is 1.56. The van der Waals surface area contributed by atoms with Crippen LogP contribution in [0.1, 0.15) is 44.1 Å². The molecule has 0 unspecified atom stereocenters. The molecule has 0 aliphatic heterocycles. The second kappa shape index (κ2) is 5.55. The molecule has 3 rings (SSSR count). The van der Waals surface area contributed by atoms with Crippen LogP contribution in [0.5, 0.6) is 0 Å². The van der Waals surface area contributed by atoms with Crippen molar-refractivity contribution in [2.45, 2.75) is 62.1 Å². The Hall–Kier alpha value is -1.37. The van der Waals surface area contributed by atoms with Crippen LogP contribution in [0.25, 0.3) is 0 Å². The molecule has 106 valence electrons. The van der Waals surface area contributed by atoms with Gasteiger partial charge in [0, 0.05) is 18.1 Å². The van der Waals surface area contributed by atoms with Gasteiger partial charge >= 0.3 is 0 Å². The molecule has 0 saturated heterocycles. The monoisotopic (exact) mass is 269 g/mol. The smallest absolute Gasteiger partial charge is 0.0852 e. The maximum Gasteiger partial charge on any atom is 0.0852 e. The van der Waals surface area contributed by atoms with E-state index in [2.05, 4.69) is 23.5 Å². The van der Waals surface area contributed by atoms with Gasteiger partial charge in [0.15, 0.2) is 0 Å². The van der Waals surface area contributed by atoms with E-state index in [4.69, 9.17) is 5.73 Å². The van der Waals surface area contributed by atoms with Crippen LogP contribution >= 0.6 is 0 Å². The number of nitrogens with zero attached hydrogens (tertiary/aromatic N) is 1. The summed E-state index contributed by atoms with van der Waals surface area (Å²) in [5.74, 6) is 0. The maximum absolute atomic E-state index is 9.55. The topological polar surface area (TPSA) is 61.8 Å². The Kier molecular flexibility index (Phi) is 3.78. The summed E-state index contributed by atoms with van der Waals surface area (Å²) in [5, 5.41) is 13.3. The quantitative estimate of drug-likeness (QED) is 0.886. The maximum atomic E-state index is 9.55. The Morgan fingerprint density at radius 2 is 1.70 bits per heavy atom. The number of benzene rings is 1. The van der Waals surface area contributed by atoms with Crippen LogP contribution in [0.4, 0.5) is 0 Å². The molecule has 0 heterocycles. The largest absolute Gasteiger partial charge is 0.328 e. The summed E-state index contributed by atoms with van der Waals surface area (Å²) >= 11 is 0. The third-order valence-corrected chi connectivity index (χ3v) is 4.97. The summed E-state index contributed by atoms with van der Waals surface area (Å²) in [5.41, 5.74) is 6.86. The van der Waals surface area contributed by atoms with Crippen molar-refractivity contribution in [1.82, 2.24) is 5.32 Å². The van der Waals surface area contributed by atoms with Crippen LogP contribution in [0.3, 0.4) is 0 Å². The molecule has 20 heavy (non-hydrogen) atoms. The molecule has 0 atom stereocenters. The molecule has 1 aromatic carbocycles. The average Bonchev–Trinajstić information content (AvgIpc) is 2.45. The van der Waals surface area contributed by atoms with Gasteiger partial charge in [-0.1, -0.05) is 30.3 Å². The Bertz CT molecular complexity index is 477. The van der Waals surface area contributed by atoms with Gasteiger partial charge in [-0.3, -0.25) is 0 Å². The lowest BCUT2D eigenvalue weighted by atomic mass is 9.62. The molecule has 3 N–H and O–H groups in total. The Morgan fingerprint density at radius 1 is 1.05 bits per heavy atom. The first-order valence-corrected chi connectivity index (χ1v) is 7.70. The van der Waals surface area contributed by atoms with E-state index in [1.165, 1.54) is 18.4 Å². The zero-order valence-electron chi connectivity index (χ0n) is 11.9. The molecular weight excluding hydrogens is 246 g/mol. The third-order valence-electron chi connectivity index (χ3n) is 4.97. The van der Waals surface area contributed by atoms with Gasteiger partial charge in [-0.25, -0.2) is 0 Å². The highest BCUT2D eigenvalue weighted by Crippen LogP contribution is 2.43. The van der Waals surface area contributed by atoms with Gasteiger partial charge in [0.1, 0.15) is 0 Å². The van der Waals surface area contributed by atoms with Crippen LogP contribution in [0.15, 0.2) is 30.3 Å². The first kappa shape index (κ1) is 13.6. The molecular formula is C17H23N3. The first-order valence-electron chi connectivity index (χ1n) is 7.70. The second-order valence-corrected chi connectivity index (χ2v) is 6.44. The molecule has 2 saturated carbocycles. The van der Waals surface area contributed by atoms with Crippen molar-refractivity contribution in [3.63, 3.8) is 0 Å². The molecule has 0 aromatic heterocycles. The molecule has 2 aliphatic rings. The molecule has 3 nitrogen and oxygen atoms in total. The predicted octanol–water partition coefficient (Wildman–Crippen LogP) is 2.47. The molecule has 2 aliphatic carbocycles. The van der Waals surface area contributed by atoms with Gasteiger partial charge in [0.25, 0.3) is 0 Å². The first-order chi connectivity index (χ1) is 9.72. The fourth-order valence-electron chi connectivity index (χ4n) is 3.67. The lowest BCUT2D eigenvalue weighted by Gasteiger charge is -2.45. The van der Waals surface area contributed by atoms with Gasteiger partial charge < -0.3 is 11.1 Å². The molecule has 0 spiro atoms. The Morgan fingerprint density at radius 3 is 2.30 bits per heavy atom. The lowest BCUT2D eigenvalue weighted by molar-refractivity contribution is 0.190. The summed E-state index contributed by atoms with van der Waals surface area (Å²) in [7, 11) is 0. The number of hydrogen-bond donors (Lipinski definition) is 2. The normalized spacial score (nSPS) is 36.9. The van der Waals surface area contributed by atoms with Crippen LogP contribution in [0.2, 0.25) is 0 Å². The number of nitrogens with one attached hydrogen (secondary N) is 1. The third kappa shape index (κ3) is 2.59. The number of hydrogen-bond acceptors (Lipinski definition) is 3. The van der Waals surface area contributed by atoms with Crippen molar-refractivity contribution in [3.8, 4) is 6.07 Å². The van der Waals surface area contributed by atoms with Crippen molar-refractivity contribution < 1.29 is 0 Å². The standard InChI is InChI=1S/C17H23N3/c18-12-17(13-4-2-1-3-5-13)10-16(11-17)20-15-8-6-14(19)7-9-15/h1-5,14-16,20H,6-11,19H2. The van der Waals surface area contributed by atoms with Crippen LogP contribution in [0, 0.1) is 11.3 Å². The molecule has 0 bridgehead atoms. The lowest BCUT2D eigenvalue weighted by Crippen LogP contribution is -2.54. The van der Waals surface area contributed by atoms with E-state index in [0.29, 0.717) is 18.1 Å². The minimum atomic E-state index is -0.260. The number of rotatable bonds is 3. The van der Waals surface area contributed by atoms with Crippen molar-refractivity contribution >= 4 is 0 Å². The van der Waals surface area contributed by atoms with Crippen LogP contribution in [-0.4, -0.2) is 18.1 Å². The van der Waals surface area contributed by atoms with E-state index < -0.39 is 0 Å². The molecule has 1 aromatic rings. The summed E-state index contributed by atoms with van der Waals surface area (Å²) in [6, 6.07) is 14.3. The summed E-state index contributed by atoms with van der Waals surface area (Å²) in [4.78, 5) is 0. The van der Waals surface area contributed by atoms with E-state index in [1.807, 2.05) is 18.2 Å². The number of nitriles is 1.